The van der Waals surface area contributed by atoms with Gasteiger partial charge in [0, 0.05) is 35.2 Å². The number of aliphatic hydroxyl groups is 2. The van der Waals surface area contributed by atoms with Gasteiger partial charge in [0.05, 0.1) is 18.2 Å². The fourth-order valence-electron chi connectivity index (χ4n) is 9.13. The molecule has 0 fully saturated rings. The number of hydrogen-bond acceptors (Lipinski definition) is 13. The highest BCUT2D eigenvalue weighted by molar-refractivity contribution is 5.98. The SMILES string of the molecule is C/C=C/C[C@@H](C)[C@@H](O)[C@@H](C(=O)N[C@H](C(=O)N(C)CC(=O)O)[C@@H](C)O)N(C)C(=O)[C@H](C(C)C)N(C)C(=O)[C@H](CC(C)C)NC(=O)[C@H](CC(C)C)N(C)C(=O)[C@@H](C)NC(=O)[C@H](C)NC(=O)[C@H](CC(C)C)N(C)C(=O)[C@@H](N)CC(C)C. The molecule has 0 aliphatic rings. The smallest absolute Gasteiger partial charge is 0.323 e. The molecular formula is C55H100N10O13. The van der Waals surface area contributed by atoms with Crippen LogP contribution >= 0.6 is 0 Å². The maximum absolute atomic E-state index is 14.8. The average molecular weight is 1110 g/mol. The zero-order valence-electron chi connectivity index (χ0n) is 50.4. The molecule has 0 saturated heterocycles. The molecule has 0 aromatic rings. The predicted molar refractivity (Wildman–Crippen MR) is 297 cm³/mol. The molecule has 78 heavy (non-hydrogen) atoms. The number of nitrogens with two attached hydrogens (primary N) is 1. The van der Waals surface area contributed by atoms with Crippen LogP contribution in [0.3, 0.4) is 0 Å². The van der Waals surface area contributed by atoms with Crippen LogP contribution in [0.5, 0.6) is 0 Å². The Labute approximate surface area is 464 Å². The van der Waals surface area contributed by atoms with Gasteiger partial charge in [-0.1, -0.05) is 88.3 Å². The number of hydrogen-bond donors (Lipinski definition) is 8. The molecule has 448 valence electrons. The van der Waals surface area contributed by atoms with Crippen molar-refractivity contribution in [3.05, 3.63) is 12.2 Å². The van der Waals surface area contributed by atoms with E-state index in [1.165, 1.54) is 65.8 Å². The molecule has 0 saturated carbocycles. The summed E-state index contributed by atoms with van der Waals surface area (Å²) in [4.78, 5) is 143. The molecule has 9 N–H and O–H groups in total. The van der Waals surface area contributed by atoms with Crippen molar-refractivity contribution in [3.8, 4) is 0 Å². The Morgan fingerprint density at radius 2 is 0.949 bits per heavy atom. The lowest BCUT2D eigenvalue weighted by atomic mass is 9.91. The van der Waals surface area contributed by atoms with Crippen molar-refractivity contribution in [1.82, 2.24) is 45.8 Å². The van der Waals surface area contributed by atoms with Crippen LogP contribution in [0.4, 0.5) is 0 Å². The number of carboxylic acid groups (broad SMARTS) is 1. The first kappa shape index (κ1) is 72.3. The molecule has 0 spiro atoms. The number of carbonyl (C=O) groups is 10. The summed E-state index contributed by atoms with van der Waals surface area (Å²) in [5.74, 6) is -9.29. The maximum Gasteiger partial charge on any atom is 0.323 e. The number of carbonyl (C=O) groups excluding carboxylic acids is 9. The Hall–Kier alpha value is -5.68. The number of amides is 9. The summed E-state index contributed by atoms with van der Waals surface area (Å²) in [7, 11) is 6.72. The van der Waals surface area contributed by atoms with Crippen LogP contribution in [0.1, 0.15) is 136 Å². The molecule has 0 rings (SSSR count). The molecule has 0 radical (unpaired) electrons. The lowest BCUT2D eigenvalue weighted by Crippen LogP contribution is -2.64. The van der Waals surface area contributed by atoms with Gasteiger partial charge in [-0.2, -0.15) is 0 Å². The first-order chi connectivity index (χ1) is 35.8. The van der Waals surface area contributed by atoms with E-state index in [2.05, 4.69) is 21.3 Å². The Kier molecular flexibility index (Phi) is 31.2. The molecule has 0 unspecified atom stereocenters. The maximum atomic E-state index is 14.8. The third-order valence-electron chi connectivity index (χ3n) is 13.6. The van der Waals surface area contributed by atoms with E-state index in [9.17, 15) is 63.3 Å². The summed E-state index contributed by atoms with van der Waals surface area (Å²) in [6, 6.07) is -11.2. The monoisotopic (exact) mass is 1110 g/mol. The third-order valence-corrected chi connectivity index (χ3v) is 13.6. The van der Waals surface area contributed by atoms with Gasteiger partial charge >= 0.3 is 5.97 Å². The van der Waals surface area contributed by atoms with E-state index in [-0.39, 0.29) is 42.9 Å². The summed E-state index contributed by atoms with van der Waals surface area (Å²) in [6.45, 7) is 25.1. The summed E-state index contributed by atoms with van der Waals surface area (Å²) < 4.78 is 0. The molecule has 23 nitrogen and oxygen atoms in total. The fraction of sp³-hybridized carbons (Fsp3) is 0.782. The third kappa shape index (κ3) is 22.6. The number of nitrogens with zero attached hydrogens (tertiary/aromatic N) is 5. The van der Waals surface area contributed by atoms with Gasteiger partial charge in [-0.25, -0.2) is 0 Å². The van der Waals surface area contributed by atoms with E-state index in [4.69, 9.17) is 5.73 Å². The first-order valence-electron chi connectivity index (χ1n) is 27.3. The van der Waals surface area contributed by atoms with Crippen LogP contribution in [0, 0.1) is 35.5 Å². The van der Waals surface area contributed by atoms with Crippen molar-refractivity contribution in [2.24, 2.45) is 41.2 Å². The number of nitrogens with one attached hydrogen (secondary N) is 4. The topological polar surface area (TPSA) is 322 Å². The Morgan fingerprint density at radius 1 is 0.500 bits per heavy atom. The summed E-state index contributed by atoms with van der Waals surface area (Å²) in [5, 5.41) is 42.2. The van der Waals surface area contributed by atoms with Crippen molar-refractivity contribution >= 4 is 59.1 Å². The molecule has 0 heterocycles. The van der Waals surface area contributed by atoms with Crippen LogP contribution in [0.25, 0.3) is 0 Å². The first-order valence-corrected chi connectivity index (χ1v) is 27.3. The lowest BCUT2D eigenvalue weighted by Gasteiger charge is -2.40. The molecule has 23 heteroatoms. The van der Waals surface area contributed by atoms with Gasteiger partial charge in [-0.05, 0) is 95.3 Å². The van der Waals surface area contributed by atoms with Gasteiger partial charge < -0.3 is 66.8 Å². The zero-order valence-corrected chi connectivity index (χ0v) is 50.4. The van der Waals surface area contributed by atoms with Gasteiger partial charge in [0.1, 0.15) is 54.9 Å². The van der Waals surface area contributed by atoms with E-state index < -0.39 is 144 Å². The number of rotatable bonds is 33. The Morgan fingerprint density at radius 3 is 1.38 bits per heavy atom. The van der Waals surface area contributed by atoms with E-state index in [1.807, 2.05) is 55.4 Å². The van der Waals surface area contributed by atoms with Crippen LogP contribution in [0.2, 0.25) is 0 Å². The molecular weight excluding hydrogens is 1010 g/mol. The van der Waals surface area contributed by atoms with E-state index in [0.717, 1.165) is 14.7 Å². The van der Waals surface area contributed by atoms with Crippen molar-refractivity contribution in [2.75, 3.05) is 41.8 Å². The standard InChI is InChI=1S/C55H100N10O13/c1-21-22-23-34(12)46(69)45(50(73)60-43(37(15)66)54(77)61(16)28-42(67)68)65(20)55(78)44(33(10)11)64(19)53(76)39(25-30(4)5)59-49(72)41(27-32(8)9)62(17)51(74)36(14)58-47(70)35(13)57-48(71)40(26-31(6)7)63(18)52(75)38(56)24-29(2)3/h21-22,29-41,43-46,66,69H,23-28,56H2,1-20H3,(H,57,71)(H,58,70)(H,59,72)(H,60,73)(H,67,68)/b22-21+/t34-,35+,36-,37-,38+,39+,40+,41+,43+,44+,45+,46-/m1/s1. The van der Waals surface area contributed by atoms with Crippen molar-refractivity contribution in [3.63, 3.8) is 0 Å². The summed E-state index contributed by atoms with van der Waals surface area (Å²) in [6.07, 6.45) is 1.62. The van der Waals surface area contributed by atoms with Crippen LogP contribution < -0.4 is 27.0 Å². The summed E-state index contributed by atoms with van der Waals surface area (Å²) >= 11 is 0. The van der Waals surface area contributed by atoms with E-state index in [0.29, 0.717) is 12.8 Å². The predicted octanol–water partition coefficient (Wildman–Crippen LogP) is 1.33. The second-order valence-corrected chi connectivity index (χ2v) is 23.2. The lowest BCUT2D eigenvalue weighted by molar-refractivity contribution is -0.155. The molecule has 0 aromatic heterocycles. The largest absolute Gasteiger partial charge is 0.480 e. The fourth-order valence-corrected chi connectivity index (χ4v) is 9.13. The number of aliphatic carboxylic acids is 1. The number of allylic oxidation sites excluding steroid dienone is 2. The van der Waals surface area contributed by atoms with Gasteiger partial charge in [0.25, 0.3) is 0 Å². The normalized spacial score (nSPS) is 16.4. The minimum atomic E-state index is -1.70. The van der Waals surface area contributed by atoms with Crippen molar-refractivity contribution in [1.29, 1.82) is 0 Å². The van der Waals surface area contributed by atoms with E-state index in [1.54, 1.807) is 39.8 Å². The Balaban J connectivity index is 6.86. The van der Waals surface area contributed by atoms with Gasteiger partial charge in [0.2, 0.25) is 53.2 Å². The van der Waals surface area contributed by atoms with Crippen LogP contribution in [-0.2, 0) is 47.9 Å². The van der Waals surface area contributed by atoms with Crippen LogP contribution in [0.15, 0.2) is 12.2 Å². The highest BCUT2D eigenvalue weighted by Gasteiger charge is 2.44. The molecule has 0 aliphatic heterocycles. The molecule has 0 bridgehead atoms. The summed E-state index contributed by atoms with van der Waals surface area (Å²) in [5.41, 5.74) is 6.18. The second-order valence-electron chi connectivity index (χ2n) is 23.2. The molecule has 12 atom stereocenters. The second kappa shape index (κ2) is 33.7. The average Bonchev–Trinajstić information content (AvgIpc) is 3.32. The molecule has 0 aliphatic carbocycles. The quantitative estimate of drug-likeness (QED) is 0.0430. The minimum Gasteiger partial charge on any atom is -0.480 e. The molecule has 9 amide bonds. The van der Waals surface area contributed by atoms with Crippen molar-refractivity contribution in [2.45, 2.75) is 203 Å². The van der Waals surface area contributed by atoms with Gasteiger partial charge in [0.15, 0.2) is 0 Å². The number of likely N-dealkylation sites (N-methyl/N-ethyl adjacent to an activating group) is 5. The highest BCUT2D eigenvalue weighted by atomic mass is 16.4. The van der Waals surface area contributed by atoms with Crippen molar-refractivity contribution < 1.29 is 63.3 Å². The number of carboxylic acids is 1. The zero-order chi connectivity index (χ0) is 61.0. The van der Waals surface area contributed by atoms with E-state index >= 15 is 0 Å². The highest BCUT2D eigenvalue weighted by Crippen LogP contribution is 2.23. The van der Waals surface area contributed by atoms with Gasteiger partial charge in [-0.3, -0.25) is 47.9 Å². The minimum absolute atomic E-state index is 0.00278. The Bertz CT molecular complexity index is 2050. The van der Waals surface area contributed by atoms with Gasteiger partial charge in [-0.15, -0.1) is 0 Å². The molecule has 0 aromatic carbocycles. The van der Waals surface area contributed by atoms with Crippen LogP contribution in [-0.4, -0.2) is 207 Å². The number of aliphatic hydroxyl groups excluding tert-OH is 2.